The number of carbonyl (C=O) groups is 1. The van der Waals surface area contributed by atoms with E-state index in [1.807, 2.05) is 0 Å². The topological polar surface area (TPSA) is 75.3 Å². The van der Waals surface area contributed by atoms with E-state index in [0.29, 0.717) is 12.8 Å². The van der Waals surface area contributed by atoms with Crippen molar-refractivity contribution in [2.75, 3.05) is 0 Å². The zero-order valence-electron chi connectivity index (χ0n) is 5.46. The second kappa shape index (κ2) is 3.18. The highest BCUT2D eigenvalue weighted by atomic mass is 35.5. The number of hydrogen-bond donors (Lipinski definition) is 3. The van der Waals surface area contributed by atoms with Crippen LogP contribution in [-0.2, 0) is 4.79 Å². The van der Waals surface area contributed by atoms with Crippen molar-refractivity contribution in [2.45, 2.75) is 24.8 Å². The Labute approximate surface area is 65.2 Å². The summed E-state index contributed by atoms with van der Waals surface area (Å²) in [6.07, 6.45) is 2.26. The first-order valence-electron chi connectivity index (χ1n) is 2.92. The van der Waals surface area contributed by atoms with Crippen molar-refractivity contribution in [1.82, 2.24) is 5.43 Å². The van der Waals surface area contributed by atoms with Crippen molar-refractivity contribution in [3.63, 3.8) is 0 Å². The monoisotopic (exact) mass is 166 g/mol. The molecular weight excluding hydrogens is 156 g/mol. The lowest BCUT2D eigenvalue weighted by Crippen LogP contribution is -2.59. The van der Waals surface area contributed by atoms with Crippen molar-refractivity contribution in [3.8, 4) is 0 Å². The summed E-state index contributed by atoms with van der Waals surface area (Å²) in [4.78, 5) is 10.4. The Morgan fingerprint density at radius 3 is 2.10 bits per heavy atom. The molecule has 4 nitrogen and oxygen atoms in total. The molecule has 4 N–H and O–H groups in total. The van der Waals surface area contributed by atoms with E-state index in [0.717, 1.165) is 6.42 Å². The van der Waals surface area contributed by atoms with E-state index >= 15 is 0 Å². The van der Waals surface area contributed by atoms with Crippen LogP contribution in [0.2, 0.25) is 0 Å². The van der Waals surface area contributed by atoms with Gasteiger partial charge in [-0.25, -0.2) is 5.43 Å². The maximum Gasteiger partial charge on any atom is 0.325 e. The molecule has 10 heavy (non-hydrogen) atoms. The van der Waals surface area contributed by atoms with Crippen LogP contribution >= 0.6 is 12.4 Å². The average molecular weight is 167 g/mol. The number of carboxylic acids is 1. The first kappa shape index (κ1) is 9.68. The molecule has 60 valence electrons. The fraction of sp³-hybridized carbons (Fsp3) is 0.800. The van der Waals surface area contributed by atoms with Gasteiger partial charge in [0.25, 0.3) is 0 Å². The molecule has 0 aromatic carbocycles. The summed E-state index contributed by atoms with van der Waals surface area (Å²) < 4.78 is 0. The second-order valence-electron chi connectivity index (χ2n) is 2.39. The van der Waals surface area contributed by atoms with Crippen molar-refractivity contribution < 1.29 is 9.90 Å². The Kier molecular flexibility index (Phi) is 3.08. The number of aliphatic carboxylic acids is 1. The van der Waals surface area contributed by atoms with Gasteiger partial charge in [0.2, 0.25) is 0 Å². The fourth-order valence-corrected chi connectivity index (χ4v) is 0.950. The summed E-state index contributed by atoms with van der Waals surface area (Å²) in [5.74, 6) is 4.20. The number of nitrogens with two attached hydrogens (primary N) is 1. The Bertz CT molecular complexity index is 130. The smallest absolute Gasteiger partial charge is 0.325 e. The van der Waals surface area contributed by atoms with Crippen molar-refractivity contribution in [2.24, 2.45) is 5.84 Å². The third-order valence-corrected chi connectivity index (χ3v) is 1.89. The number of hydrogen-bond acceptors (Lipinski definition) is 3. The summed E-state index contributed by atoms with van der Waals surface area (Å²) >= 11 is 0. The predicted octanol–water partition coefficient (Wildman–Crippen LogP) is -0.121. The maximum absolute atomic E-state index is 10.4. The minimum Gasteiger partial charge on any atom is -0.480 e. The first-order valence-corrected chi connectivity index (χ1v) is 2.92. The third-order valence-electron chi connectivity index (χ3n) is 1.89. The second-order valence-corrected chi connectivity index (χ2v) is 2.39. The van der Waals surface area contributed by atoms with Gasteiger partial charge in [-0.1, -0.05) is 0 Å². The van der Waals surface area contributed by atoms with Crippen LogP contribution in [0.4, 0.5) is 0 Å². The molecule has 1 aliphatic rings. The highest BCUT2D eigenvalue weighted by Gasteiger charge is 2.43. The van der Waals surface area contributed by atoms with Gasteiger partial charge < -0.3 is 5.11 Å². The van der Waals surface area contributed by atoms with Gasteiger partial charge in [-0.2, -0.15) is 0 Å². The van der Waals surface area contributed by atoms with Crippen LogP contribution in [0.15, 0.2) is 0 Å². The quantitative estimate of drug-likeness (QED) is 0.395. The summed E-state index contributed by atoms with van der Waals surface area (Å²) in [6, 6.07) is 0. The van der Waals surface area contributed by atoms with Gasteiger partial charge >= 0.3 is 5.97 Å². The van der Waals surface area contributed by atoms with Gasteiger partial charge in [0.1, 0.15) is 5.54 Å². The SMILES string of the molecule is Cl.NNC1(C(=O)O)CCC1. The van der Waals surface area contributed by atoms with Gasteiger partial charge in [-0.05, 0) is 19.3 Å². The molecule has 0 heterocycles. The van der Waals surface area contributed by atoms with E-state index in [2.05, 4.69) is 5.43 Å². The Morgan fingerprint density at radius 1 is 1.60 bits per heavy atom. The molecule has 0 bridgehead atoms. The molecule has 1 aliphatic carbocycles. The van der Waals surface area contributed by atoms with E-state index < -0.39 is 11.5 Å². The third kappa shape index (κ3) is 1.23. The average Bonchev–Trinajstić information content (AvgIpc) is 1.62. The Hall–Kier alpha value is -0.320. The highest BCUT2D eigenvalue weighted by molar-refractivity contribution is 5.85. The number of halogens is 1. The zero-order valence-corrected chi connectivity index (χ0v) is 6.28. The molecule has 0 saturated heterocycles. The maximum atomic E-state index is 10.4. The van der Waals surface area contributed by atoms with Crippen molar-refractivity contribution in [1.29, 1.82) is 0 Å². The number of rotatable bonds is 2. The Morgan fingerprint density at radius 2 is 2.10 bits per heavy atom. The molecule has 0 aromatic heterocycles. The molecule has 0 amide bonds. The predicted molar refractivity (Wildman–Crippen MR) is 38.8 cm³/mol. The van der Waals surface area contributed by atoms with Crippen molar-refractivity contribution >= 4 is 18.4 Å². The Balaban J connectivity index is 0.000000810. The lowest BCUT2D eigenvalue weighted by atomic mass is 9.77. The molecule has 0 atom stereocenters. The first-order chi connectivity index (χ1) is 4.21. The van der Waals surface area contributed by atoms with Gasteiger partial charge in [-0.3, -0.25) is 10.6 Å². The van der Waals surface area contributed by atoms with Crippen LogP contribution in [0.5, 0.6) is 0 Å². The standard InChI is InChI=1S/C5H10N2O2.ClH/c6-7-5(4(8)9)2-1-3-5;/h7H,1-3,6H2,(H,8,9);1H. The molecular formula is C5H11ClN2O2. The molecule has 1 saturated carbocycles. The number of hydrazine groups is 1. The summed E-state index contributed by atoms with van der Waals surface area (Å²) in [7, 11) is 0. The lowest BCUT2D eigenvalue weighted by Gasteiger charge is -2.36. The largest absolute Gasteiger partial charge is 0.480 e. The van der Waals surface area contributed by atoms with Crippen LogP contribution in [0, 0.1) is 0 Å². The van der Waals surface area contributed by atoms with E-state index in [4.69, 9.17) is 10.9 Å². The van der Waals surface area contributed by atoms with Gasteiger partial charge in [-0.15, -0.1) is 12.4 Å². The molecule has 0 radical (unpaired) electrons. The molecule has 5 heteroatoms. The van der Waals surface area contributed by atoms with Crippen LogP contribution in [0.1, 0.15) is 19.3 Å². The number of nitrogens with one attached hydrogen (secondary N) is 1. The van der Waals surface area contributed by atoms with E-state index in [1.165, 1.54) is 0 Å². The molecule has 0 aromatic rings. The molecule has 0 aliphatic heterocycles. The van der Waals surface area contributed by atoms with Crippen LogP contribution in [0.25, 0.3) is 0 Å². The van der Waals surface area contributed by atoms with Crippen LogP contribution in [-0.4, -0.2) is 16.6 Å². The van der Waals surface area contributed by atoms with E-state index in [-0.39, 0.29) is 12.4 Å². The summed E-state index contributed by atoms with van der Waals surface area (Å²) in [6.45, 7) is 0. The fourth-order valence-electron chi connectivity index (χ4n) is 0.950. The molecule has 0 spiro atoms. The minimum atomic E-state index is -0.837. The summed E-state index contributed by atoms with van der Waals surface area (Å²) in [5.41, 5.74) is 1.52. The number of carboxylic acid groups (broad SMARTS) is 1. The van der Waals surface area contributed by atoms with Gasteiger partial charge in [0.05, 0.1) is 0 Å². The lowest BCUT2D eigenvalue weighted by molar-refractivity contribution is -0.148. The zero-order chi connectivity index (χ0) is 6.91. The molecule has 1 fully saturated rings. The normalized spacial score (nSPS) is 20.5. The molecule has 0 unspecified atom stereocenters. The summed E-state index contributed by atoms with van der Waals surface area (Å²) in [5, 5.41) is 8.54. The van der Waals surface area contributed by atoms with Crippen LogP contribution < -0.4 is 11.3 Å². The molecule has 1 rings (SSSR count). The van der Waals surface area contributed by atoms with E-state index in [9.17, 15) is 4.79 Å². The van der Waals surface area contributed by atoms with Crippen LogP contribution in [0.3, 0.4) is 0 Å². The minimum absolute atomic E-state index is 0. The highest BCUT2D eigenvalue weighted by Crippen LogP contribution is 2.30. The van der Waals surface area contributed by atoms with E-state index in [1.54, 1.807) is 0 Å². The van der Waals surface area contributed by atoms with Gasteiger partial charge in [0, 0.05) is 0 Å². The van der Waals surface area contributed by atoms with Gasteiger partial charge in [0.15, 0.2) is 0 Å². The van der Waals surface area contributed by atoms with Crippen molar-refractivity contribution in [3.05, 3.63) is 0 Å².